The van der Waals surface area contributed by atoms with Crippen molar-refractivity contribution >= 4 is 50.5 Å². The second kappa shape index (κ2) is 8.13. The van der Waals surface area contributed by atoms with Crippen molar-refractivity contribution in [3.63, 3.8) is 0 Å². The van der Waals surface area contributed by atoms with E-state index in [9.17, 15) is 14.4 Å². The molecule has 3 aromatic heterocycles. The van der Waals surface area contributed by atoms with Gasteiger partial charge in [-0.25, -0.2) is 4.79 Å². The van der Waals surface area contributed by atoms with E-state index in [-0.39, 0.29) is 17.7 Å². The molecule has 0 unspecified atom stereocenters. The van der Waals surface area contributed by atoms with Crippen LogP contribution in [0.25, 0.3) is 16.5 Å². The molecular formula is C19H15N5O4S2. The van der Waals surface area contributed by atoms with E-state index >= 15 is 0 Å². The summed E-state index contributed by atoms with van der Waals surface area (Å²) in [5.41, 5.74) is 0.525. The van der Waals surface area contributed by atoms with E-state index in [1.807, 2.05) is 0 Å². The number of rotatable bonds is 5. The number of esters is 1. The van der Waals surface area contributed by atoms with Crippen LogP contribution in [0.1, 0.15) is 32.8 Å². The molecule has 0 fully saturated rings. The number of thiophene rings is 1. The van der Waals surface area contributed by atoms with Crippen molar-refractivity contribution in [2.45, 2.75) is 13.8 Å². The third-order valence-corrected chi connectivity index (χ3v) is 5.93. The predicted octanol–water partition coefficient (Wildman–Crippen LogP) is 3.04. The monoisotopic (exact) mass is 441 g/mol. The number of hydrogen-bond acceptors (Lipinski definition) is 9. The van der Waals surface area contributed by atoms with Gasteiger partial charge in [-0.3, -0.25) is 9.59 Å². The van der Waals surface area contributed by atoms with Gasteiger partial charge in [0.15, 0.2) is 5.69 Å². The molecule has 1 amide bonds. The first-order valence-electron chi connectivity index (χ1n) is 8.88. The molecule has 3 heterocycles. The van der Waals surface area contributed by atoms with Crippen molar-refractivity contribution in [2.24, 2.45) is 0 Å². The highest BCUT2D eigenvalue weighted by molar-refractivity contribution is 7.16. The Bertz CT molecular complexity index is 1310. The number of nitrogens with zero attached hydrogens (tertiary/aromatic N) is 4. The Morgan fingerprint density at radius 2 is 2.00 bits per heavy atom. The van der Waals surface area contributed by atoms with Gasteiger partial charge in [0, 0.05) is 10.8 Å². The molecule has 0 saturated carbocycles. The lowest BCUT2D eigenvalue weighted by Crippen LogP contribution is -2.25. The van der Waals surface area contributed by atoms with E-state index in [1.165, 1.54) is 0 Å². The van der Waals surface area contributed by atoms with Gasteiger partial charge in [0.2, 0.25) is 0 Å². The van der Waals surface area contributed by atoms with E-state index in [0.717, 1.165) is 27.6 Å². The van der Waals surface area contributed by atoms with Gasteiger partial charge in [-0.1, -0.05) is 22.7 Å². The van der Waals surface area contributed by atoms with Crippen molar-refractivity contribution in [1.29, 1.82) is 0 Å². The molecule has 4 rings (SSSR count). The number of nitrogens with one attached hydrogen (secondary N) is 1. The topological polar surface area (TPSA) is 116 Å². The number of hydrogen-bond donors (Lipinski definition) is 1. The summed E-state index contributed by atoms with van der Waals surface area (Å²) in [5, 5.41) is 13.3. The van der Waals surface area contributed by atoms with Crippen molar-refractivity contribution in [3.05, 3.63) is 62.3 Å². The lowest BCUT2D eigenvalue weighted by molar-refractivity contribution is 0.0520. The van der Waals surface area contributed by atoms with Crippen LogP contribution >= 0.6 is 22.9 Å². The molecule has 0 spiro atoms. The van der Waals surface area contributed by atoms with E-state index in [2.05, 4.69) is 20.0 Å². The Balaban J connectivity index is 1.90. The van der Waals surface area contributed by atoms with Crippen LogP contribution in [0.2, 0.25) is 0 Å². The fourth-order valence-corrected chi connectivity index (χ4v) is 4.32. The van der Waals surface area contributed by atoms with Crippen molar-refractivity contribution in [3.8, 4) is 5.69 Å². The largest absolute Gasteiger partial charge is 0.461 e. The standard InChI is InChI=1S/C19H15N5O4S2/c1-3-28-19(27)14-12-9-29-17(20-16(25)15-10(2)21-23-30-15)13(12)18(26)24(22-14)11-7-5-4-6-8-11/h4-9H,3H2,1-2H3,(H,20,25). The molecule has 11 heteroatoms. The van der Waals surface area contributed by atoms with Crippen molar-refractivity contribution in [2.75, 3.05) is 11.9 Å². The molecule has 0 aliphatic heterocycles. The smallest absolute Gasteiger partial charge is 0.359 e. The van der Waals surface area contributed by atoms with Crippen LogP contribution in [0.15, 0.2) is 40.5 Å². The number of amides is 1. The Morgan fingerprint density at radius 1 is 1.23 bits per heavy atom. The zero-order valence-corrected chi connectivity index (χ0v) is 17.5. The van der Waals surface area contributed by atoms with Gasteiger partial charge >= 0.3 is 5.97 Å². The molecule has 1 aromatic carbocycles. The normalized spacial score (nSPS) is 10.9. The number of ether oxygens (including phenoxy) is 1. The van der Waals surface area contributed by atoms with Gasteiger partial charge in [0.25, 0.3) is 11.5 Å². The summed E-state index contributed by atoms with van der Waals surface area (Å²) in [7, 11) is 0. The minimum Gasteiger partial charge on any atom is -0.461 e. The molecule has 4 aromatic rings. The maximum Gasteiger partial charge on any atom is 0.359 e. The van der Waals surface area contributed by atoms with Crippen LogP contribution < -0.4 is 10.9 Å². The first-order chi connectivity index (χ1) is 14.5. The van der Waals surface area contributed by atoms with Gasteiger partial charge < -0.3 is 10.1 Å². The Hall–Kier alpha value is -3.44. The molecule has 9 nitrogen and oxygen atoms in total. The molecule has 0 bridgehead atoms. The zero-order valence-electron chi connectivity index (χ0n) is 15.9. The highest BCUT2D eigenvalue weighted by atomic mass is 32.1. The molecule has 30 heavy (non-hydrogen) atoms. The lowest BCUT2D eigenvalue weighted by atomic mass is 10.2. The third-order valence-electron chi connectivity index (χ3n) is 4.21. The maximum absolute atomic E-state index is 13.3. The number of benzene rings is 1. The van der Waals surface area contributed by atoms with Crippen LogP contribution in [0.4, 0.5) is 5.00 Å². The zero-order chi connectivity index (χ0) is 21.3. The number of para-hydroxylation sites is 1. The Labute approximate surface area is 178 Å². The second-order valence-electron chi connectivity index (χ2n) is 6.12. The number of carbonyl (C=O) groups excluding carboxylic acids is 2. The summed E-state index contributed by atoms with van der Waals surface area (Å²) >= 11 is 2.10. The molecule has 0 aliphatic carbocycles. The fourth-order valence-electron chi connectivity index (χ4n) is 2.84. The number of aryl methyl sites for hydroxylation is 1. The van der Waals surface area contributed by atoms with Crippen LogP contribution in [-0.4, -0.2) is 37.9 Å². The van der Waals surface area contributed by atoms with Crippen LogP contribution in [0.3, 0.4) is 0 Å². The number of carbonyl (C=O) groups is 2. The van der Waals surface area contributed by atoms with E-state index in [1.54, 1.807) is 49.6 Å². The van der Waals surface area contributed by atoms with E-state index in [4.69, 9.17) is 4.74 Å². The van der Waals surface area contributed by atoms with Gasteiger partial charge in [0.1, 0.15) is 9.88 Å². The second-order valence-corrected chi connectivity index (χ2v) is 7.75. The quantitative estimate of drug-likeness (QED) is 0.473. The molecule has 0 aliphatic rings. The molecule has 0 saturated heterocycles. The summed E-state index contributed by atoms with van der Waals surface area (Å²) in [6, 6.07) is 8.72. The van der Waals surface area contributed by atoms with Crippen LogP contribution in [0.5, 0.6) is 0 Å². The summed E-state index contributed by atoms with van der Waals surface area (Å²) in [6.45, 7) is 3.53. The van der Waals surface area contributed by atoms with Crippen molar-refractivity contribution < 1.29 is 14.3 Å². The molecule has 1 N–H and O–H groups in total. The number of anilines is 1. The van der Waals surface area contributed by atoms with Crippen molar-refractivity contribution in [1.82, 2.24) is 19.4 Å². The SMILES string of the molecule is CCOC(=O)c1nn(-c2ccccc2)c(=O)c2c(NC(=O)c3snnc3C)scc12. The predicted molar refractivity (Wildman–Crippen MR) is 114 cm³/mol. The minimum atomic E-state index is -0.648. The lowest BCUT2D eigenvalue weighted by Gasteiger charge is -2.09. The highest BCUT2D eigenvalue weighted by Crippen LogP contribution is 2.31. The molecule has 0 radical (unpaired) electrons. The minimum absolute atomic E-state index is 0.00249. The third kappa shape index (κ3) is 3.48. The molecule has 0 atom stereocenters. The molecule has 152 valence electrons. The Kier molecular flexibility index (Phi) is 5.38. The number of fused-ring (bicyclic) bond motifs is 1. The Morgan fingerprint density at radius 3 is 2.67 bits per heavy atom. The average Bonchev–Trinajstić information content (AvgIpc) is 3.36. The van der Waals surface area contributed by atoms with Crippen LogP contribution in [-0.2, 0) is 4.74 Å². The first kappa shape index (κ1) is 19.9. The summed E-state index contributed by atoms with van der Waals surface area (Å²) in [5.74, 6) is -1.07. The maximum atomic E-state index is 13.3. The molecular weight excluding hydrogens is 426 g/mol. The van der Waals surface area contributed by atoms with Gasteiger partial charge in [0.05, 0.1) is 23.4 Å². The number of aromatic nitrogens is 4. The summed E-state index contributed by atoms with van der Waals surface area (Å²) in [4.78, 5) is 38.8. The van der Waals surface area contributed by atoms with E-state index < -0.39 is 17.4 Å². The fraction of sp³-hybridized carbons (Fsp3) is 0.158. The highest BCUT2D eigenvalue weighted by Gasteiger charge is 2.24. The first-order valence-corrected chi connectivity index (χ1v) is 10.5. The van der Waals surface area contributed by atoms with Gasteiger partial charge in [-0.15, -0.1) is 16.4 Å². The summed E-state index contributed by atoms with van der Waals surface area (Å²) < 4.78 is 10.0. The summed E-state index contributed by atoms with van der Waals surface area (Å²) in [6.07, 6.45) is 0. The van der Waals surface area contributed by atoms with Gasteiger partial charge in [-0.2, -0.15) is 9.78 Å². The average molecular weight is 441 g/mol. The van der Waals surface area contributed by atoms with Gasteiger partial charge in [-0.05, 0) is 37.5 Å². The van der Waals surface area contributed by atoms with Crippen LogP contribution in [0, 0.1) is 6.92 Å². The van der Waals surface area contributed by atoms with E-state index in [0.29, 0.717) is 26.6 Å².